The van der Waals surface area contributed by atoms with Gasteiger partial charge in [0.1, 0.15) is 5.82 Å². The second-order valence-electron chi connectivity index (χ2n) is 7.40. The molecule has 3 aromatic rings. The van der Waals surface area contributed by atoms with Gasteiger partial charge in [0, 0.05) is 26.2 Å². The highest BCUT2D eigenvalue weighted by molar-refractivity contribution is 5.76. The number of aryl methyl sites for hydroxylation is 1. The van der Waals surface area contributed by atoms with Gasteiger partial charge >= 0.3 is 6.18 Å². The van der Waals surface area contributed by atoms with Crippen LogP contribution in [0.1, 0.15) is 35.8 Å². The second-order valence-corrected chi connectivity index (χ2v) is 7.40. The first-order valence-electron chi connectivity index (χ1n) is 9.36. The average molecular weight is 407 g/mol. The molecule has 1 fully saturated rings. The fourth-order valence-electron chi connectivity index (χ4n) is 3.79. The quantitative estimate of drug-likeness (QED) is 0.581. The monoisotopic (exact) mass is 407 g/mol. The first-order valence-corrected chi connectivity index (χ1v) is 9.36. The maximum Gasteiger partial charge on any atom is 0.416 e. The zero-order valence-electron chi connectivity index (χ0n) is 16.1. The fourth-order valence-corrected chi connectivity index (χ4v) is 3.79. The topological polar surface area (TPSA) is 30.3 Å². The lowest BCUT2D eigenvalue weighted by atomic mass is 10.0. The number of hydrogen-bond acceptors (Lipinski definition) is 3. The van der Waals surface area contributed by atoms with Gasteiger partial charge in [0.2, 0.25) is 0 Å². The molecule has 2 atom stereocenters. The van der Waals surface area contributed by atoms with Crippen molar-refractivity contribution < 1.29 is 22.3 Å². The number of halogens is 4. The highest BCUT2D eigenvalue weighted by atomic mass is 19.4. The minimum absolute atomic E-state index is 0.221. The number of aromatic nitrogens is 2. The van der Waals surface area contributed by atoms with Crippen molar-refractivity contribution in [2.45, 2.75) is 25.2 Å². The molecule has 0 spiro atoms. The third-order valence-corrected chi connectivity index (χ3v) is 5.50. The van der Waals surface area contributed by atoms with Gasteiger partial charge in [-0.15, -0.1) is 0 Å². The highest BCUT2D eigenvalue weighted by Gasteiger charge is 2.33. The number of fused-ring (bicyclic) bond motifs is 1. The Kier molecular flexibility index (Phi) is 5.08. The Morgan fingerprint density at radius 3 is 2.72 bits per heavy atom. The summed E-state index contributed by atoms with van der Waals surface area (Å²) < 4.78 is 60.9. The SMILES string of the molecule is C[C@H](c1cc(F)cc(C(F)(F)F)c1)N1CCO[C@@H](c2ccc3ncn(C)c3c2)C1. The average Bonchev–Trinajstić information content (AvgIpc) is 3.06. The Morgan fingerprint density at radius 1 is 1.17 bits per heavy atom. The number of benzene rings is 2. The van der Waals surface area contributed by atoms with Crippen molar-refractivity contribution in [3.05, 3.63) is 65.2 Å². The molecule has 0 bridgehead atoms. The van der Waals surface area contributed by atoms with Gasteiger partial charge in [-0.2, -0.15) is 13.2 Å². The van der Waals surface area contributed by atoms with Crippen molar-refractivity contribution in [2.75, 3.05) is 19.7 Å². The molecular weight excluding hydrogens is 386 g/mol. The van der Waals surface area contributed by atoms with Crippen molar-refractivity contribution in [1.82, 2.24) is 14.5 Å². The van der Waals surface area contributed by atoms with E-state index >= 15 is 0 Å². The Bertz CT molecular complexity index is 1030. The molecule has 0 radical (unpaired) electrons. The van der Waals surface area contributed by atoms with Crippen LogP contribution in [0, 0.1) is 5.82 Å². The van der Waals surface area contributed by atoms with Gasteiger partial charge in [0.25, 0.3) is 0 Å². The molecule has 4 nitrogen and oxygen atoms in total. The lowest BCUT2D eigenvalue weighted by Crippen LogP contribution is -2.40. The van der Waals surface area contributed by atoms with Gasteiger partial charge in [-0.1, -0.05) is 6.07 Å². The summed E-state index contributed by atoms with van der Waals surface area (Å²) in [6.07, 6.45) is -3.06. The second kappa shape index (κ2) is 7.42. The van der Waals surface area contributed by atoms with Crippen molar-refractivity contribution in [3.63, 3.8) is 0 Å². The minimum Gasteiger partial charge on any atom is -0.371 e. The number of alkyl halides is 3. The largest absolute Gasteiger partial charge is 0.416 e. The summed E-state index contributed by atoms with van der Waals surface area (Å²) in [6, 6.07) is 8.26. The van der Waals surface area contributed by atoms with Crippen molar-refractivity contribution in [2.24, 2.45) is 7.05 Å². The predicted molar refractivity (Wildman–Crippen MR) is 101 cm³/mol. The van der Waals surface area contributed by atoms with Crippen LogP contribution in [-0.2, 0) is 18.0 Å². The van der Waals surface area contributed by atoms with Crippen LogP contribution >= 0.6 is 0 Å². The third-order valence-electron chi connectivity index (χ3n) is 5.50. The smallest absolute Gasteiger partial charge is 0.371 e. The van der Waals surface area contributed by atoms with E-state index in [1.54, 1.807) is 13.3 Å². The summed E-state index contributed by atoms with van der Waals surface area (Å²) in [5, 5.41) is 0. The van der Waals surface area contributed by atoms with E-state index in [4.69, 9.17) is 4.74 Å². The van der Waals surface area contributed by atoms with E-state index in [-0.39, 0.29) is 12.1 Å². The van der Waals surface area contributed by atoms with Gasteiger partial charge < -0.3 is 9.30 Å². The molecule has 29 heavy (non-hydrogen) atoms. The summed E-state index contributed by atoms with van der Waals surface area (Å²) in [5.74, 6) is -0.881. The summed E-state index contributed by atoms with van der Waals surface area (Å²) in [6.45, 7) is 3.30. The molecule has 0 N–H and O–H groups in total. The Hall–Kier alpha value is -2.45. The standard InChI is InChI=1S/C21H21F4N3O/c1-13(15-7-16(21(23,24)25)10-17(22)8-15)28-5-6-29-20(11-28)14-3-4-18-19(9-14)27(2)12-26-18/h3-4,7-10,12-13,20H,5-6,11H2,1-2H3/t13-,20-/m1/s1. The van der Waals surface area contributed by atoms with E-state index in [9.17, 15) is 17.6 Å². The van der Waals surface area contributed by atoms with Crippen LogP contribution in [0.3, 0.4) is 0 Å². The van der Waals surface area contributed by atoms with Crippen molar-refractivity contribution >= 4 is 11.0 Å². The molecule has 2 heterocycles. The van der Waals surface area contributed by atoms with Gasteiger partial charge in [-0.3, -0.25) is 4.90 Å². The number of ether oxygens (including phenoxy) is 1. The Balaban J connectivity index is 1.57. The lowest BCUT2D eigenvalue weighted by Gasteiger charge is -2.37. The molecule has 4 rings (SSSR count). The molecule has 1 aromatic heterocycles. The van der Waals surface area contributed by atoms with Crippen molar-refractivity contribution in [3.8, 4) is 0 Å². The van der Waals surface area contributed by atoms with E-state index in [1.165, 1.54) is 6.07 Å². The molecule has 0 amide bonds. The molecule has 0 saturated carbocycles. The molecule has 1 saturated heterocycles. The lowest BCUT2D eigenvalue weighted by molar-refractivity contribution is -0.137. The van der Waals surface area contributed by atoms with Crippen LogP contribution in [0.2, 0.25) is 0 Å². The van der Waals surface area contributed by atoms with Gasteiger partial charge in [0.15, 0.2) is 0 Å². The van der Waals surface area contributed by atoms with E-state index in [2.05, 4.69) is 4.98 Å². The van der Waals surface area contributed by atoms with E-state index < -0.39 is 17.6 Å². The first-order chi connectivity index (χ1) is 13.7. The molecular formula is C21H21F4N3O. The molecule has 0 aliphatic carbocycles. The molecule has 154 valence electrons. The van der Waals surface area contributed by atoms with Crippen LogP contribution in [-0.4, -0.2) is 34.1 Å². The number of imidazole rings is 1. The predicted octanol–water partition coefficient (Wildman–Crippen LogP) is 4.87. The van der Waals surface area contributed by atoms with Crippen LogP contribution in [0.15, 0.2) is 42.7 Å². The maximum absolute atomic E-state index is 13.8. The number of hydrogen-bond donors (Lipinski definition) is 0. The minimum atomic E-state index is -4.58. The molecule has 1 aliphatic heterocycles. The van der Waals surface area contributed by atoms with Crippen LogP contribution in [0.4, 0.5) is 17.6 Å². The summed E-state index contributed by atoms with van der Waals surface area (Å²) >= 11 is 0. The molecule has 2 aromatic carbocycles. The molecule has 0 unspecified atom stereocenters. The number of rotatable bonds is 3. The Labute approximate surface area is 165 Å². The van der Waals surface area contributed by atoms with E-state index in [0.29, 0.717) is 31.3 Å². The highest BCUT2D eigenvalue weighted by Crippen LogP contribution is 2.34. The summed E-state index contributed by atoms with van der Waals surface area (Å²) in [7, 11) is 1.91. The number of morpholine rings is 1. The van der Waals surface area contributed by atoms with Gasteiger partial charge in [0.05, 0.1) is 35.6 Å². The Morgan fingerprint density at radius 2 is 1.97 bits per heavy atom. The van der Waals surface area contributed by atoms with Crippen LogP contribution in [0.25, 0.3) is 11.0 Å². The van der Waals surface area contributed by atoms with Crippen LogP contribution < -0.4 is 0 Å². The molecule has 1 aliphatic rings. The zero-order chi connectivity index (χ0) is 20.8. The van der Waals surface area contributed by atoms with E-state index in [1.807, 2.05) is 34.7 Å². The van der Waals surface area contributed by atoms with Gasteiger partial charge in [-0.25, -0.2) is 9.37 Å². The van der Waals surface area contributed by atoms with Crippen molar-refractivity contribution in [1.29, 1.82) is 0 Å². The molecule has 8 heteroatoms. The third kappa shape index (κ3) is 4.00. The van der Waals surface area contributed by atoms with Gasteiger partial charge in [-0.05, 0) is 48.4 Å². The first kappa shape index (κ1) is 19.8. The summed E-state index contributed by atoms with van der Waals surface area (Å²) in [5.41, 5.74) is 2.19. The maximum atomic E-state index is 13.8. The van der Waals surface area contributed by atoms with Crippen LogP contribution in [0.5, 0.6) is 0 Å². The van der Waals surface area contributed by atoms with E-state index in [0.717, 1.165) is 22.7 Å². The summed E-state index contributed by atoms with van der Waals surface area (Å²) in [4.78, 5) is 6.33. The zero-order valence-corrected chi connectivity index (χ0v) is 16.1. The fraction of sp³-hybridized carbons (Fsp3) is 0.381. The number of nitrogens with zero attached hydrogens (tertiary/aromatic N) is 3. The normalized spacial score (nSPS) is 19.6.